The molecule has 0 radical (unpaired) electrons. The van der Waals surface area contributed by atoms with Gasteiger partial charge in [-0.1, -0.05) is 6.07 Å². The van der Waals surface area contributed by atoms with Crippen molar-refractivity contribution in [3.05, 3.63) is 29.3 Å². The largest absolute Gasteiger partial charge is 0.465 e. The molecular formula is C15H20N2O3. The molecule has 1 saturated heterocycles. The van der Waals surface area contributed by atoms with Crippen LogP contribution in [0.2, 0.25) is 0 Å². The van der Waals surface area contributed by atoms with E-state index < -0.39 is 5.97 Å². The van der Waals surface area contributed by atoms with E-state index in [1.165, 1.54) is 7.11 Å². The fraction of sp³-hybridized carbons (Fsp3) is 0.467. The number of nitrogens with one attached hydrogen (secondary N) is 2. The standard InChI is InChI=1S/C15H20N2O3/c1-10-5-6-12(8-13(10)15(19)20-2)17-14(18)9-11-4-3-7-16-11/h5-6,8,11,16H,3-4,7,9H2,1-2H3,(H,17,18). The van der Waals surface area contributed by atoms with Crippen LogP contribution in [0.25, 0.3) is 0 Å². The lowest BCUT2D eigenvalue weighted by Gasteiger charge is -2.12. The van der Waals surface area contributed by atoms with E-state index in [1.807, 2.05) is 6.92 Å². The highest BCUT2D eigenvalue weighted by molar-refractivity contribution is 5.95. The number of carbonyl (C=O) groups is 2. The molecule has 20 heavy (non-hydrogen) atoms. The van der Waals surface area contributed by atoms with Gasteiger partial charge in [-0.05, 0) is 44.0 Å². The first kappa shape index (κ1) is 14.5. The summed E-state index contributed by atoms with van der Waals surface area (Å²) >= 11 is 0. The highest BCUT2D eigenvalue weighted by Gasteiger charge is 2.18. The Balaban J connectivity index is 2.01. The second-order valence-corrected chi connectivity index (χ2v) is 5.07. The Bertz CT molecular complexity index is 508. The van der Waals surface area contributed by atoms with Gasteiger partial charge in [-0.15, -0.1) is 0 Å². The van der Waals surface area contributed by atoms with Gasteiger partial charge in [0.15, 0.2) is 0 Å². The monoisotopic (exact) mass is 276 g/mol. The number of ether oxygens (including phenoxy) is 1. The number of methoxy groups -OCH3 is 1. The third kappa shape index (κ3) is 3.57. The molecule has 0 saturated carbocycles. The molecule has 1 aliphatic rings. The van der Waals surface area contributed by atoms with Crippen molar-refractivity contribution >= 4 is 17.6 Å². The molecule has 1 fully saturated rings. The molecule has 0 aliphatic carbocycles. The third-order valence-electron chi connectivity index (χ3n) is 3.52. The fourth-order valence-corrected chi connectivity index (χ4v) is 2.40. The molecule has 0 bridgehead atoms. The molecule has 2 N–H and O–H groups in total. The molecule has 0 spiro atoms. The van der Waals surface area contributed by atoms with Crippen LogP contribution in [-0.2, 0) is 9.53 Å². The Kier molecular flexibility index (Phi) is 4.74. The van der Waals surface area contributed by atoms with Crippen LogP contribution in [0.4, 0.5) is 5.69 Å². The van der Waals surface area contributed by atoms with Crippen molar-refractivity contribution in [2.24, 2.45) is 0 Å². The molecule has 1 heterocycles. The van der Waals surface area contributed by atoms with Crippen molar-refractivity contribution in [3.8, 4) is 0 Å². The Morgan fingerprint density at radius 2 is 2.25 bits per heavy atom. The summed E-state index contributed by atoms with van der Waals surface area (Å²) in [5.74, 6) is -0.430. The molecule has 1 aromatic carbocycles. The number of esters is 1. The van der Waals surface area contributed by atoms with Gasteiger partial charge >= 0.3 is 5.97 Å². The summed E-state index contributed by atoms with van der Waals surface area (Å²) in [5.41, 5.74) is 1.93. The lowest BCUT2D eigenvalue weighted by molar-refractivity contribution is -0.116. The van der Waals surface area contributed by atoms with E-state index in [1.54, 1.807) is 18.2 Å². The molecular weight excluding hydrogens is 256 g/mol. The van der Waals surface area contributed by atoms with Crippen LogP contribution in [0, 0.1) is 6.92 Å². The first-order valence-electron chi connectivity index (χ1n) is 6.82. The minimum Gasteiger partial charge on any atom is -0.465 e. The van der Waals surface area contributed by atoms with E-state index in [2.05, 4.69) is 10.6 Å². The predicted octanol–water partition coefficient (Wildman–Crippen LogP) is 1.86. The van der Waals surface area contributed by atoms with Gasteiger partial charge in [-0.25, -0.2) is 4.79 Å². The first-order chi connectivity index (χ1) is 9.60. The van der Waals surface area contributed by atoms with E-state index >= 15 is 0 Å². The van der Waals surface area contributed by atoms with Gasteiger partial charge in [0, 0.05) is 18.2 Å². The van der Waals surface area contributed by atoms with E-state index in [0.29, 0.717) is 17.7 Å². The average Bonchev–Trinajstić information content (AvgIpc) is 2.92. The first-order valence-corrected chi connectivity index (χ1v) is 6.82. The Hall–Kier alpha value is -1.88. The molecule has 1 aromatic rings. The van der Waals surface area contributed by atoms with Gasteiger partial charge in [-0.2, -0.15) is 0 Å². The van der Waals surface area contributed by atoms with Crippen molar-refractivity contribution in [3.63, 3.8) is 0 Å². The van der Waals surface area contributed by atoms with E-state index in [-0.39, 0.29) is 11.9 Å². The summed E-state index contributed by atoms with van der Waals surface area (Å²) < 4.78 is 4.72. The molecule has 5 nitrogen and oxygen atoms in total. The number of aryl methyl sites for hydroxylation is 1. The highest BCUT2D eigenvalue weighted by Crippen LogP contribution is 2.17. The van der Waals surface area contributed by atoms with Crippen LogP contribution in [0.15, 0.2) is 18.2 Å². The zero-order valence-corrected chi connectivity index (χ0v) is 11.9. The van der Waals surface area contributed by atoms with Crippen molar-refractivity contribution in [1.82, 2.24) is 5.32 Å². The molecule has 5 heteroatoms. The number of hydrogen-bond acceptors (Lipinski definition) is 4. The minimum atomic E-state index is -0.393. The van der Waals surface area contributed by atoms with Gasteiger partial charge in [0.25, 0.3) is 0 Å². The van der Waals surface area contributed by atoms with Gasteiger partial charge < -0.3 is 15.4 Å². The second-order valence-electron chi connectivity index (χ2n) is 5.07. The van der Waals surface area contributed by atoms with Crippen LogP contribution < -0.4 is 10.6 Å². The summed E-state index contributed by atoms with van der Waals surface area (Å²) in [6, 6.07) is 5.51. The van der Waals surface area contributed by atoms with Gasteiger partial charge in [-0.3, -0.25) is 4.79 Å². The zero-order valence-electron chi connectivity index (χ0n) is 11.9. The molecule has 108 valence electrons. The van der Waals surface area contributed by atoms with Gasteiger partial charge in [0.05, 0.1) is 12.7 Å². The predicted molar refractivity (Wildman–Crippen MR) is 76.8 cm³/mol. The number of benzene rings is 1. The molecule has 1 unspecified atom stereocenters. The highest BCUT2D eigenvalue weighted by atomic mass is 16.5. The van der Waals surface area contributed by atoms with Gasteiger partial charge in [0.1, 0.15) is 0 Å². The number of anilines is 1. The number of hydrogen-bond donors (Lipinski definition) is 2. The topological polar surface area (TPSA) is 67.4 Å². The van der Waals surface area contributed by atoms with Crippen LogP contribution in [0.5, 0.6) is 0 Å². The lowest BCUT2D eigenvalue weighted by Crippen LogP contribution is -2.27. The van der Waals surface area contributed by atoms with Crippen molar-refractivity contribution < 1.29 is 14.3 Å². The SMILES string of the molecule is COC(=O)c1cc(NC(=O)CC2CCCN2)ccc1C. The quantitative estimate of drug-likeness (QED) is 0.824. The zero-order chi connectivity index (χ0) is 14.5. The smallest absolute Gasteiger partial charge is 0.338 e. The van der Waals surface area contributed by atoms with E-state index in [9.17, 15) is 9.59 Å². The molecule has 1 atom stereocenters. The Morgan fingerprint density at radius 1 is 1.45 bits per heavy atom. The van der Waals surface area contributed by atoms with Gasteiger partial charge in [0.2, 0.25) is 5.91 Å². The summed E-state index contributed by atoms with van der Waals surface area (Å²) in [4.78, 5) is 23.5. The van der Waals surface area contributed by atoms with E-state index in [0.717, 1.165) is 24.9 Å². The Labute approximate surface area is 118 Å². The maximum absolute atomic E-state index is 11.9. The Morgan fingerprint density at radius 3 is 2.90 bits per heavy atom. The second kappa shape index (κ2) is 6.52. The maximum Gasteiger partial charge on any atom is 0.338 e. The number of carbonyl (C=O) groups excluding carboxylic acids is 2. The lowest BCUT2D eigenvalue weighted by atomic mass is 10.1. The van der Waals surface area contributed by atoms with Crippen molar-refractivity contribution in [2.75, 3.05) is 19.0 Å². The fourth-order valence-electron chi connectivity index (χ4n) is 2.40. The molecule has 0 aromatic heterocycles. The van der Waals surface area contributed by atoms with Crippen LogP contribution in [0.3, 0.4) is 0 Å². The minimum absolute atomic E-state index is 0.0379. The van der Waals surface area contributed by atoms with Crippen LogP contribution in [-0.4, -0.2) is 31.6 Å². The van der Waals surface area contributed by atoms with Crippen molar-refractivity contribution in [2.45, 2.75) is 32.2 Å². The third-order valence-corrected chi connectivity index (χ3v) is 3.52. The van der Waals surface area contributed by atoms with E-state index in [4.69, 9.17) is 4.74 Å². The summed E-state index contributed by atoms with van der Waals surface area (Å²) in [6.07, 6.45) is 2.62. The van der Waals surface area contributed by atoms with Crippen molar-refractivity contribution in [1.29, 1.82) is 0 Å². The average molecular weight is 276 g/mol. The molecule has 2 rings (SSSR count). The van der Waals surface area contributed by atoms with Crippen LogP contribution >= 0.6 is 0 Å². The van der Waals surface area contributed by atoms with Crippen LogP contribution in [0.1, 0.15) is 35.2 Å². The summed E-state index contributed by atoms with van der Waals surface area (Å²) in [7, 11) is 1.35. The number of amides is 1. The normalized spacial score (nSPS) is 17.8. The molecule has 1 aliphatic heterocycles. The molecule has 1 amide bonds. The summed E-state index contributed by atoms with van der Waals surface area (Å²) in [5, 5.41) is 6.11. The maximum atomic E-state index is 11.9. The summed E-state index contributed by atoms with van der Waals surface area (Å²) in [6.45, 7) is 2.81. The number of rotatable bonds is 4.